The van der Waals surface area contributed by atoms with Crippen LogP contribution >= 0.6 is 0 Å². The molecule has 0 spiro atoms. The van der Waals surface area contributed by atoms with Gasteiger partial charge in [-0.2, -0.15) is 0 Å². The Bertz CT molecular complexity index is 386. The molecule has 0 aliphatic carbocycles. The lowest BCUT2D eigenvalue weighted by Gasteiger charge is -2.10. The highest BCUT2D eigenvalue weighted by Gasteiger charge is 2.17. The van der Waals surface area contributed by atoms with E-state index < -0.39 is 11.8 Å². The summed E-state index contributed by atoms with van der Waals surface area (Å²) in [7, 11) is 1.18. The summed E-state index contributed by atoms with van der Waals surface area (Å²) >= 11 is 0. The Morgan fingerprint density at radius 2 is 2.07 bits per heavy atom. The minimum absolute atomic E-state index is 0.00834. The normalized spacial score (nSPS) is 10.5. The largest absolute Gasteiger partial charge is 0.508 e. The van der Waals surface area contributed by atoms with Gasteiger partial charge in [-0.25, -0.2) is 9.18 Å². The molecular weight excluding hydrogens is 199 g/mol. The third kappa shape index (κ3) is 2.26. The topological polar surface area (TPSA) is 46.5 Å². The molecule has 0 fully saturated rings. The molecule has 4 heteroatoms. The first kappa shape index (κ1) is 11.5. The van der Waals surface area contributed by atoms with Crippen molar-refractivity contribution in [1.29, 1.82) is 0 Å². The van der Waals surface area contributed by atoms with Crippen LogP contribution in [-0.4, -0.2) is 18.2 Å². The van der Waals surface area contributed by atoms with Crippen molar-refractivity contribution in [3.63, 3.8) is 0 Å². The zero-order valence-corrected chi connectivity index (χ0v) is 8.87. The van der Waals surface area contributed by atoms with Gasteiger partial charge in [0.25, 0.3) is 0 Å². The Balaban J connectivity index is 3.29. The molecule has 15 heavy (non-hydrogen) atoms. The average Bonchev–Trinajstić information content (AvgIpc) is 2.16. The molecule has 0 bridgehead atoms. The lowest BCUT2D eigenvalue weighted by atomic mass is 9.99. The Morgan fingerprint density at radius 1 is 1.47 bits per heavy atom. The standard InChI is InChI=1S/C11H13FO3/c1-6(2)7-4-8(11(14)15-3)9(12)5-10(7)13/h4-6,13H,1-3H3. The van der Waals surface area contributed by atoms with Crippen molar-refractivity contribution >= 4 is 5.97 Å². The van der Waals surface area contributed by atoms with Gasteiger partial charge in [0.1, 0.15) is 11.6 Å². The summed E-state index contributed by atoms with van der Waals surface area (Å²) < 4.78 is 17.7. The monoisotopic (exact) mass is 212 g/mol. The van der Waals surface area contributed by atoms with Gasteiger partial charge in [0.15, 0.2) is 0 Å². The Morgan fingerprint density at radius 3 is 2.53 bits per heavy atom. The van der Waals surface area contributed by atoms with E-state index >= 15 is 0 Å². The van der Waals surface area contributed by atoms with Gasteiger partial charge in [0, 0.05) is 6.07 Å². The van der Waals surface area contributed by atoms with Gasteiger partial charge in [0.2, 0.25) is 0 Å². The lowest BCUT2D eigenvalue weighted by Crippen LogP contribution is -2.06. The number of methoxy groups -OCH3 is 1. The summed E-state index contributed by atoms with van der Waals surface area (Å²) in [5, 5.41) is 9.45. The van der Waals surface area contributed by atoms with Gasteiger partial charge in [0.05, 0.1) is 12.7 Å². The molecule has 0 saturated heterocycles. The molecule has 0 heterocycles. The number of benzene rings is 1. The van der Waals surface area contributed by atoms with Gasteiger partial charge in [-0.1, -0.05) is 13.8 Å². The summed E-state index contributed by atoms with van der Waals surface area (Å²) in [6, 6.07) is 2.25. The van der Waals surface area contributed by atoms with E-state index in [0.29, 0.717) is 5.56 Å². The van der Waals surface area contributed by atoms with E-state index in [-0.39, 0.29) is 17.2 Å². The zero-order chi connectivity index (χ0) is 11.6. The molecule has 1 rings (SSSR count). The summed E-state index contributed by atoms with van der Waals surface area (Å²) in [4.78, 5) is 11.2. The molecule has 0 saturated carbocycles. The second-order valence-corrected chi connectivity index (χ2v) is 3.54. The number of halogens is 1. The number of aromatic hydroxyl groups is 1. The van der Waals surface area contributed by atoms with Crippen LogP contribution in [0.3, 0.4) is 0 Å². The van der Waals surface area contributed by atoms with E-state index in [1.807, 2.05) is 13.8 Å². The predicted molar refractivity (Wildman–Crippen MR) is 53.5 cm³/mol. The molecule has 3 nitrogen and oxygen atoms in total. The van der Waals surface area contributed by atoms with E-state index in [1.54, 1.807) is 0 Å². The lowest BCUT2D eigenvalue weighted by molar-refractivity contribution is 0.0595. The fourth-order valence-electron chi connectivity index (χ4n) is 1.31. The van der Waals surface area contributed by atoms with Crippen LogP contribution in [0.5, 0.6) is 5.75 Å². The van der Waals surface area contributed by atoms with Crippen LogP contribution in [0.25, 0.3) is 0 Å². The molecular formula is C11H13FO3. The molecule has 1 aromatic carbocycles. The Hall–Kier alpha value is -1.58. The van der Waals surface area contributed by atoms with Crippen LogP contribution in [0.1, 0.15) is 35.7 Å². The minimum Gasteiger partial charge on any atom is -0.508 e. The highest BCUT2D eigenvalue weighted by molar-refractivity contribution is 5.90. The summed E-state index contributed by atoms with van der Waals surface area (Å²) in [6.45, 7) is 3.68. The highest BCUT2D eigenvalue weighted by Crippen LogP contribution is 2.28. The second kappa shape index (κ2) is 4.29. The third-order valence-corrected chi connectivity index (χ3v) is 2.14. The first-order valence-corrected chi connectivity index (χ1v) is 4.58. The summed E-state index contributed by atoms with van der Waals surface area (Å²) in [5.41, 5.74) is 0.371. The first-order valence-electron chi connectivity index (χ1n) is 4.58. The Labute approximate surface area is 87.5 Å². The number of carbonyl (C=O) groups is 1. The number of rotatable bonds is 2. The molecule has 1 N–H and O–H groups in total. The summed E-state index contributed by atoms with van der Waals surface area (Å²) in [6.07, 6.45) is 0. The van der Waals surface area contributed by atoms with Gasteiger partial charge in [-0.15, -0.1) is 0 Å². The predicted octanol–water partition coefficient (Wildman–Crippen LogP) is 2.44. The SMILES string of the molecule is COC(=O)c1cc(C(C)C)c(O)cc1F. The highest BCUT2D eigenvalue weighted by atomic mass is 19.1. The second-order valence-electron chi connectivity index (χ2n) is 3.54. The molecule has 0 unspecified atom stereocenters. The molecule has 1 aromatic rings. The summed E-state index contributed by atoms with van der Waals surface area (Å²) in [5.74, 6) is -1.65. The fraction of sp³-hybridized carbons (Fsp3) is 0.364. The zero-order valence-electron chi connectivity index (χ0n) is 8.87. The fourth-order valence-corrected chi connectivity index (χ4v) is 1.31. The minimum atomic E-state index is -0.774. The van der Waals surface area contributed by atoms with Crippen molar-refractivity contribution in [2.75, 3.05) is 7.11 Å². The van der Waals surface area contributed by atoms with E-state index in [9.17, 15) is 14.3 Å². The van der Waals surface area contributed by atoms with Crippen LogP contribution in [-0.2, 0) is 4.74 Å². The van der Waals surface area contributed by atoms with Crippen molar-refractivity contribution < 1.29 is 19.0 Å². The van der Waals surface area contributed by atoms with Crippen LogP contribution in [0.15, 0.2) is 12.1 Å². The molecule has 0 atom stereocenters. The maximum Gasteiger partial charge on any atom is 0.340 e. The van der Waals surface area contributed by atoms with Gasteiger partial charge < -0.3 is 9.84 Å². The van der Waals surface area contributed by atoms with E-state index in [1.165, 1.54) is 13.2 Å². The van der Waals surface area contributed by atoms with Gasteiger partial charge >= 0.3 is 5.97 Å². The Kier molecular flexibility index (Phi) is 3.29. The maximum atomic E-state index is 13.3. The van der Waals surface area contributed by atoms with Crippen LogP contribution in [0.2, 0.25) is 0 Å². The van der Waals surface area contributed by atoms with Crippen molar-refractivity contribution in [2.45, 2.75) is 19.8 Å². The van der Waals surface area contributed by atoms with E-state index in [2.05, 4.69) is 4.74 Å². The number of ether oxygens (including phenoxy) is 1. The smallest absolute Gasteiger partial charge is 0.340 e. The number of phenols is 1. The van der Waals surface area contributed by atoms with Crippen molar-refractivity contribution in [3.8, 4) is 5.75 Å². The third-order valence-electron chi connectivity index (χ3n) is 2.14. The molecule has 82 valence electrons. The van der Waals surface area contributed by atoms with Crippen LogP contribution < -0.4 is 0 Å². The average molecular weight is 212 g/mol. The molecule has 0 aliphatic heterocycles. The molecule has 0 aliphatic rings. The van der Waals surface area contributed by atoms with Crippen LogP contribution in [0.4, 0.5) is 4.39 Å². The molecule has 0 aromatic heterocycles. The number of esters is 1. The quantitative estimate of drug-likeness (QED) is 0.766. The number of hydrogen-bond donors (Lipinski definition) is 1. The van der Waals surface area contributed by atoms with Crippen molar-refractivity contribution in [1.82, 2.24) is 0 Å². The number of hydrogen-bond acceptors (Lipinski definition) is 3. The van der Waals surface area contributed by atoms with E-state index in [4.69, 9.17) is 0 Å². The van der Waals surface area contributed by atoms with Gasteiger partial charge in [-0.05, 0) is 17.5 Å². The van der Waals surface area contributed by atoms with Gasteiger partial charge in [-0.3, -0.25) is 0 Å². The molecule has 0 radical (unpaired) electrons. The number of phenolic OH excluding ortho intramolecular Hbond substituents is 1. The number of carbonyl (C=O) groups excluding carboxylic acids is 1. The molecule has 0 amide bonds. The van der Waals surface area contributed by atoms with E-state index in [0.717, 1.165) is 6.07 Å². The van der Waals surface area contributed by atoms with Crippen molar-refractivity contribution in [2.24, 2.45) is 0 Å². The van der Waals surface area contributed by atoms with Crippen LogP contribution in [0, 0.1) is 5.82 Å². The van der Waals surface area contributed by atoms with Crippen molar-refractivity contribution in [3.05, 3.63) is 29.1 Å². The first-order chi connectivity index (χ1) is 6.97. The maximum absolute atomic E-state index is 13.3.